The maximum atomic E-state index is 11.3. The first-order valence-electron chi connectivity index (χ1n) is 4.83. The second-order valence-electron chi connectivity index (χ2n) is 3.39. The lowest BCUT2D eigenvalue weighted by Gasteiger charge is -2.07. The Morgan fingerprint density at radius 2 is 2.40 bits per heavy atom. The molecule has 0 aliphatic carbocycles. The van der Waals surface area contributed by atoms with Crippen LogP contribution in [-0.4, -0.2) is 20.5 Å². The summed E-state index contributed by atoms with van der Waals surface area (Å²) in [5, 5.41) is 15.4. The van der Waals surface area contributed by atoms with Crippen molar-refractivity contribution in [1.29, 1.82) is 5.26 Å². The zero-order valence-electron chi connectivity index (χ0n) is 8.86. The molecule has 1 aromatic rings. The fourth-order valence-corrected chi connectivity index (χ4v) is 2.18. The molecule has 0 saturated heterocycles. The highest BCUT2D eigenvalue weighted by Gasteiger charge is 2.10. The first kappa shape index (κ1) is 11.9. The Morgan fingerprint density at radius 3 is 3.00 bits per heavy atom. The van der Waals surface area contributed by atoms with Crippen LogP contribution in [0, 0.1) is 11.3 Å². The summed E-state index contributed by atoms with van der Waals surface area (Å²) in [5.74, 6) is 0.810. The molecule has 6 heteroatoms. The number of nitrogens with zero attached hydrogens (tertiary/aromatic N) is 3. The average Bonchev–Trinajstić information content (AvgIpc) is 2.54. The Bertz CT molecular complexity index is 401. The number of H-pyrrole nitrogens is 1. The molecule has 0 bridgehead atoms. The monoisotopic (exact) mass is 226 g/mol. The zero-order valence-corrected chi connectivity index (χ0v) is 9.67. The predicted octanol–water partition coefficient (Wildman–Crippen LogP) is 1.55. The van der Waals surface area contributed by atoms with Gasteiger partial charge in [0.05, 0.1) is 6.07 Å². The molecule has 0 aliphatic rings. The van der Waals surface area contributed by atoms with Gasteiger partial charge in [0.2, 0.25) is 0 Å². The molecule has 0 aliphatic heterocycles. The molecule has 0 amide bonds. The van der Waals surface area contributed by atoms with E-state index in [1.807, 2.05) is 13.8 Å². The lowest BCUT2D eigenvalue weighted by molar-refractivity contribution is 0.534. The van der Waals surface area contributed by atoms with Gasteiger partial charge in [0.25, 0.3) is 0 Å². The van der Waals surface area contributed by atoms with E-state index in [1.165, 1.54) is 11.8 Å². The van der Waals surface area contributed by atoms with Crippen LogP contribution in [0.1, 0.15) is 32.7 Å². The van der Waals surface area contributed by atoms with E-state index in [2.05, 4.69) is 16.3 Å². The van der Waals surface area contributed by atoms with Gasteiger partial charge in [0.15, 0.2) is 5.16 Å². The molecule has 0 spiro atoms. The second kappa shape index (κ2) is 5.61. The largest absolute Gasteiger partial charge is 0.344 e. The minimum Gasteiger partial charge on any atom is -0.268 e. The summed E-state index contributed by atoms with van der Waals surface area (Å²) < 4.78 is 1.62. The van der Waals surface area contributed by atoms with Crippen molar-refractivity contribution in [3.8, 4) is 6.07 Å². The highest BCUT2D eigenvalue weighted by molar-refractivity contribution is 7.99. The third-order valence-electron chi connectivity index (χ3n) is 1.85. The van der Waals surface area contributed by atoms with Crippen molar-refractivity contribution in [3.05, 3.63) is 10.5 Å². The summed E-state index contributed by atoms with van der Waals surface area (Å²) in [6.07, 6.45) is 1.36. The minimum absolute atomic E-state index is 0.106. The van der Waals surface area contributed by atoms with Crippen LogP contribution in [0.25, 0.3) is 0 Å². The van der Waals surface area contributed by atoms with E-state index in [0.29, 0.717) is 11.6 Å². The first-order valence-corrected chi connectivity index (χ1v) is 5.82. The van der Waals surface area contributed by atoms with E-state index in [0.717, 1.165) is 12.2 Å². The van der Waals surface area contributed by atoms with Gasteiger partial charge in [-0.25, -0.2) is 9.89 Å². The predicted molar refractivity (Wildman–Crippen MR) is 58.8 cm³/mol. The molecule has 1 rings (SSSR count). The van der Waals surface area contributed by atoms with Crippen LogP contribution < -0.4 is 5.69 Å². The van der Waals surface area contributed by atoms with Gasteiger partial charge in [0, 0.05) is 18.2 Å². The maximum Gasteiger partial charge on any atom is 0.344 e. The van der Waals surface area contributed by atoms with Gasteiger partial charge < -0.3 is 0 Å². The molecule has 5 nitrogen and oxygen atoms in total. The number of rotatable bonds is 5. The Kier molecular flexibility index (Phi) is 4.43. The standard InChI is InChI=1S/C9H14N4OS/c1-7(2)13-8(14)11-12-9(13)15-6-4-3-5-10/h7H,3-4,6H2,1-2H3,(H,11,14). The Labute approximate surface area is 92.5 Å². The molecule has 0 fully saturated rings. The van der Waals surface area contributed by atoms with Crippen LogP contribution in [0.4, 0.5) is 0 Å². The van der Waals surface area contributed by atoms with Gasteiger partial charge in [-0.3, -0.25) is 4.57 Å². The number of nitriles is 1. The molecule has 0 aromatic carbocycles. The van der Waals surface area contributed by atoms with E-state index in [-0.39, 0.29) is 11.7 Å². The summed E-state index contributed by atoms with van der Waals surface area (Å²) in [5.41, 5.74) is -0.173. The number of nitrogens with one attached hydrogen (secondary N) is 1. The number of hydrogen-bond donors (Lipinski definition) is 1. The topological polar surface area (TPSA) is 74.5 Å². The van der Waals surface area contributed by atoms with Crippen LogP contribution in [0.3, 0.4) is 0 Å². The summed E-state index contributed by atoms with van der Waals surface area (Å²) >= 11 is 1.51. The molecular weight excluding hydrogens is 212 g/mol. The lowest BCUT2D eigenvalue weighted by atomic mass is 10.4. The molecule has 82 valence electrons. The van der Waals surface area contributed by atoms with Gasteiger partial charge in [-0.05, 0) is 20.3 Å². The van der Waals surface area contributed by atoms with Gasteiger partial charge in [-0.15, -0.1) is 5.10 Å². The SMILES string of the molecule is CC(C)n1c(SCCCC#N)n[nH]c1=O. The molecule has 0 radical (unpaired) electrons. The zero-order chi connectivity index (χ0) is 11.3. The molecule has 1 heterocycles. The summed E-state index contributed by atoms with van der Waals surface area (Å²) in [7, 11) is 0. The maximum absolute atomic E-state index is 11.3. The lowest BCUT2D eigenvalue weighted by Crippen LogP contribution is -2.19. The van der Waals surface area contributed by atoms with Crippen LogP contribution in [-0.2, 0) is 0 Å². The third-order valence-corrected chi connectivity index (χ3v) is 2.89. The fraction of sp³-hybridized carbons (Fsp3) is 0.667. The van der Waals surface area contributed by atoms with Crippen molar-refractivity contribution in [2.45, 2.75) is 37.9 Å². The molecular formula is C9H14N4OS. The van der Waals surface area contributed by atoms with Gasteiger partial charge in [0.1, 0.15) is 0 Å². The third kappa shape index (κ3) is 3.13. The van der Waals surface area contributed by atoms with Gasteiger partial charge in [-0.2, -0.15) is 5.26 Å². The Balaban J connectivity index is 2.62. The molecule has 15 heavy (non-hydrogen) atoms. The molecule has 0 saturated carbocycles. The Hall–Kier alpha value is -1.22. The average molecular weight is 226 g/mol. The summed E-state index contributed by atoms with van der Waals surface area (Å²) in [4.78, 5) is 11.3. The summed E-state index contributed by atoms with van der Waals surface area (Å²) in [6.45, 7) is 3.88. The molecule has 0 unspecified atom stereocenters. The van der Waals surface area contributed by atoms with Gasteiger partial charge >= 0.3 is 5.69 Å². The van der Waals surface area contributed by atoms with Crippen molar-refractivity contribution < 1.29 is 0 Å². The smallest absolute Gasteiger partial charge is 0.268 e. The second-order valence-corrected chi connectivity index (χ2v) is 4.45. The van der Waals surface area contributed by atoms with Crippen molar-refractivity contribution in [2.75, 3.05) is 5.75 Å². The van der Waals surface area contributed by atoms with Crippen LogP contribution in [0.5, 0.6) is 0 Å². The Morgan fingerprint density at radius 1 is 1.67 bits per heavy atom. The highest BCUT2D eigenvalue weighted by atomic mass is 32.2. The van der Waals surface area contributed by atoms with E-state index >= 15 is 0 Å². The van der Waals surface area contributed by atoms with E-state index in [9.17, 15) is 4.79 Å². The molecule has 0 atom stereocenters. The normalized spacial score (nSPS) is 10.5. The molecule has 1 N–H and O–H groups in total. The van der Waals surface area contributed by atoms with Crippen LogP contribution >= 0.6 is 11.8 Å². The number of aromatic amines is 1. The van der Waals surface area contributed by atoms with Crippen molar-refractivity contribution in [1.82, 2.24) is 14.8 Å². The number of thioether (sulfide) groups is 1. The van der Waals surface area contributed by atoms with E-state index in [1.54, 1.807) is 4.57 Å². The molecule has 1 aromatic heterocycles. The van der Waals surface area contributed by atoms with Crippen LogP contribution in [0.15, 0.2) is 9.95 Å². The van der Waals surface area contributed by atoms with E-state index in [4.69, 9.17) is 5.26 Å². The number of aromatic nitrogens is 3. The quantitative estimate of drug-likeness (QED) is 0.610. The minimum atomic E-state index is -0.173. The first-order chi connectivity index (χ1) is 7.16. The van der Waals surface area contributed by atoms with E-state index < -0.39 is 0 Å². The van der Waals surface area contributed by atoms with Crippen LogP contribution in [0.2, 0.25) is 0 Å². The summed E-state index contributed by atoms with van der Waals surface area (Å²) in [6, 6.07) is 2.19. The highest BCUT2D eigenvalue weighted by Crippen LogP contribution is 2.17. The van der Waals surface area contributed by atoms with Crippen molar-refractivity contribution >= 4 is 11.8 Å². The van der Waals surface area contributed by atoms with Gasteiger partial charge in [-0.1, -0.05) is 11.8 Å². The van der Waals surface area contributed by atoms with Crippen molar-refractivity contribution in [2.24, 2.45) is 0 Å². The van der Waals surface area contributed by atoms with Crippen molar-refractivity contribution in [3.63, 3.8) is 0 Å². The fourth-order valence-electron chi connectivity index (χ4n) is 1.16. The number of hydrogen-bond acceptors (Lipinski definition) is 4. The number of unbranched alkanes of at least 4 members (excludes halogenated alkanes) is 1.